The smallest absolute Gasteiger partial charge is 0.311 e. The van der Waals surface area contributed by atoms with Crippen LogP contribution in [-0.4, -0.2) is 115 Å². The molecule has 18 nitrogen and oxygen atoms in total. The predicted octanol–water partition coefficient (Wildman–Crippen LogP) is 6.87. The van der Waals surface area contributed by atoms with Crippen molar-refractivity contribution >= 4 is 29.8 Å². The Morgan fingerprint density at radius 3 is 1.94 bits per heavy atom. The number of primary amides is 1. The Morgan fingerprint density at radius 1 is 0.812 bits per heavy atom. The molecular formula is C51H80N4O14. The van der Waals surface area contributed by atoms with Gasteiger partial charge in [0.2, 0.25) is 24.2 Å². The number of carbonyl (C=O) groups is 5. The number of esters is 4. The number of nitrogens with two attached hydrogens (primary N) is 1. The van der Waals surface area contributed by atoms with Crippen LogP contribution in [0.5, 0.6) is 17.4 Å². The maximum absolute atomic E-state index is 14.1. The maximum atomic E-state index is 14.1. The first-order valence-corrected chi connectivity index (χ1v) is 23.5. The van der Waals surface area contributed by atoms with Crippen LogP contribution < -0.4 is 25.3 Å². The van der Waals surface area contributed by atoms with Crippen LogP contribution in [0.25, 0.3) is 0 Å². The molecule has 1 unspecified atom stereocenters. The highest BCUT2D eigenvalue weighted by atomic mass is 16.7. The molecule has 2 aliphatic heterocycles. The molecule has 69 heavy (non-hydrogen) atoms. The van der Waals surface area contributed by atoms with Crippen molar-refractivity contribution in [1.82, 2.24) is 15.5 Å². The van der Waals surface area contributed by atoms with Crippen LogP contribution >= 0.6 is 0 Å². The van der Waals surface area contributed by atoms with Crippen LogP contribution in [0.4, 0.5) is 0 Å². The van der Waals surface area contributed by atoms with Gasteiger partial charge in [0.15, 0.2) is 12.2 Å². The van der Waals surface area contributed by atoms with E-state index in [4.69, 9.17) is 53.8 Å². The quantitative estimate of drug-likeness (QED) is 0.0740. The zero-order valence-electron chi connectivity index (χ0n) is 46.7. The molecule has 4 N–H and O–H groups in total. The first kappa shape index (κ1) is 50.4. The Hall–Kier alpha value is -4.94. The molecule has 0 radical (unpaired) electrons. The largest absolute Gasteiger partial charge is 0.493 e. The number of aromatic amines is 1. The molecule has 3 heterocycles. The number of hydrogen-bond donors (Lipinski definition) is 3. The van der Waals surface area contributed by atoms with Gasteiger partial charge in [-0.05, 0) is 127 Å². The molecule has 5 atom stereocenters. The van der Waals surface area contributed by atoms with Crippen molar-refractivity contribution in [3.05, 3.63) is 35.0 Å². The minimum atomic E-state index is -1.76. The van der Waals surface area contributed by atoms with E-state index in [0.29, 0.717) is 68.4 Å². The van der Waals surface area contributed by atoms with E-state index in [1.165, 1.54) is 55.4 Å². The second-order valence-corrected chi connectivity index (χ2v) is 21.5. The number of benzene rings is 1. The molecule has 18 heteroatoms. The summed E-state index contributed by atoms with van der Waals surface area (Å²) in [5, 5.41) is 10.8. The fraction of sp³-hybridized carbons (Fsp3) is 0.725. The van der Waals surface area contributed by atoms with E-state index in [1.54, 1.807) is 13.8 Å². The number of rotatable bonds is 19. The van der Waals surface area contributed by atoms with E-state index in [9.17, 15) is 24.0 Å². The normalized spacial score (nSPS) is 21.5. The number of H-pyrrole nitrogens is 1. The van der Waals surface area contributed by atoms with E-state index in [1.807, 2.05) is 32.0 Å². The van der Waals surface area contributed by atoms with Gasteiger partial charge in [-0.1, -0.05) is 19.9 Å². The third-order valence-electron chi connectivity index (χ3n) is 11.2. The molecule has 2 fully saturated rings. The van der Waals surface area contributed by atoms with Crippen molar-refractivity contribution in [2.75, 3.05) is 33.0 Å². The van der Waals surface area contributed by atoms with Crippen LogP contribution in [0.3, 0.4) is 0 Å². The molecular weight excluding hydrogens is 893 g/mol. The Morgan fingerprint density at radius 2 is 1.38 bits per heavy atom. The van der Waals surface area contributed by atoms with E-state index < -0.39 is 115 Å². The summed E-state index contributed by atoms with van der Waals surface area (Å²) in [6, 6.07) is 5.49. The molecule has 2 aromatic rings. The SMILES string of the molecule is [2H]CC(C)(C)C(=O)OC[C@H]1OC(Oc2n[nH]c(C(C)C)c2Cc2ccc(OCCCNC(C)(C)C(N)=O)cc2OC2CCOCC2)[C@H](OC(=O)C(C)(C)C[2H])[C@@H](OC(=O)C(C)(C)C[2H])[C@@H]1OC(=O)C(C)(C)C[2H]. The number of carbonyl (C=O) groups excluding carboxylic acids is 5. The fourth-order valence-electron chi connectivity index (χ4n) is 6.72. The van der Waals surface area contributed by atoms with Crippen molar-refractivity contribution in [1.29, 1.82) is 0 Å². The predicted molar refractivity (Wildman–Crippen MR) is 255 cm³/mol. The van der Waals surface area contributed by atoms with Crippen LogP contribution in [0.2, 0.25) is 0 Å². The summed E-state index contributed by atoms with van der Waals surface area (Å²) >= 11 is 0. The third kappa shape index (κ3) is 16.0. The van der Waals surface area contributed by atoms with E-state index in [2.05, 4.69) is 15.5 Å². The van der Waals surface area contributed by atoms with Gasteiger partial charge in [-0.25, -0.2) is 0 Å². The topological polar surface area (TPSA) is 235 Å². The minimum absolute atomic E-state index is 0.0216. The summed E-state index contributed by atoms with van der Waals surface area (Å²) in [5.41, 5.74) is 1.00. The number of ether oxygens (including phenoxy) is 9. The highest BCUT2D eigenvalue weighted by molar-refractivity contribution is 5.83. The molecule has 1 amide bonds. The van der Waals surface area contributed by atoms with Gasteiger partial charge in [-0.15, -0.1) is 5.10 Å². The molecule has 0 bridgehead atoms. The van der Waals surface area contributed by atoms with Crippen LogP contribution in [-0.2, 0) is 58.8 Å². The van der Waals surface area contributed by atoms with Crippen molar-refractivity contribution in [3.8, 4) is 17.4 Å². The number of nitrogens with one attached hydrogen (secondary N) is 2. The Kier molecular flexibility index (Phi) is 16.7. The average Bonchev–Trinajstić information content (AvgIpc) is 3.74. The lowest BCUT2D eigenvalue weighted by Crippen LogP contribution is -2.65. The van der Waals surface area contributed by atoms with Gasteiger partial charge < -0.3 is 53.7 Å². The molecule has 4 rings (SSSR count). The molecule has 1 aromatic heterocycles. The summed E-state index contributed by atoms with van der Waals surface area (Å²) in [4.78, 5) is 67.3. The lowest BCUT2D eigenvalue weighted by atomic mass is 9.93. The van der Waals surface area contributed by atoms with E-state index >= 15 is 0 Å². The Labute approximate surface area is 414 Å². The Bertz CT molecular complexity index is 2200. The molecule has 388 valence electrons. The molecule has 1 aromatic carbocycles. The van der Waals surface area contributed by atoms with Crippen molar-refractivity contribution < 1.29 is 72.1 Å². The third-order valence-corrected chi connectivity index (χ3v) is 11.2. The lowest BCUT2D eigenvalue weighted by Gasteiger charge is -2.45. The average molecular weight is 977 g/mol. The van der Waals surface area contributed by atoms with E-state index in [0.717, 1.165) is 5.56 Å². The number of amides is 1. The van der Waals surface area contributed by atoms with Gasteiger partial charge >= 0.3 is 23.9 Å². The van der Waals surface area contributed by atoms with Crippen molar-refractivity contribution in [2.45, 2.75) is 185 Å². The number of nitrogens with zero attached hydrogens (tertiary/aromatic N) is 1. The minimum Gasteiger partial charge on any atom is -0.493 e. The monoisotopic (exact) mass is 977 g/mol. The molecule has 0 aliphatic carbocycles. The zero-order chi connectivity index (χ0) is 54.7. The number of aromatic nitrogens is 2. The second-order valence-electron chi connectivity index (χ2n) is 21.5. The summed E-state index contributed by atoms with van der Waals surface area (Å²) in [7, 11) is 0. The standard InChI is InChI=1S/C51H80N4O14/c1-29(2)36-33(26-30-18-19-32(27-34(30)64-31-20-24-61-25-21-31)62-23-17-22-53-51(15,16)42(52)56)40(55-54-36)69-41-39(68-46(60)50(12,13)14)38(67-45(59)49(9,10)11)37(66-44(58)48(6,7)8)35(65-41)28-63-43(57)47(3,4)5/h18-19,27,29,31,35,37-39,41,53H,17,20-26,28H2,1-16H3,(H2,52,56)(H,54,55)/t35-,37-,38+,39-,41?/m1/s1/i3D,6D,9D,12D. The summed E-state index contributed by atoms with van der Waals surface area (Å²) in [6.45, 7) is 18.8. The molecule has 2 aliphatic rings. The van der Waals surface area contributed by atoms with Crippen LogP contribution in [0.15, 0.2) is 18.2 Å². The summed E-state index contributed by atoms with van der Waals surface area (Å²) < 4.78 is 88.2. The summed E-state index contributed by atoms with van der Waals surface area (Å²) in [5.74, 6) is -3.14. The van der Waals surface area contributed by atoms with Gasteiger partial charge in [0.05, 0.1) is 47.0 Å². The molecule has 0 spiro atoms. The lowest BCUT2D eigenvalue weighted by molar-refractivity contribution is -0.294. The van der Waals surface area contributed by atoms with Gasteiger partial charge in [0.25, 0.3) is 0 Å². The Balaban J connectivity index is 1.87. The first-order chi connectivity index (χ1) is 34.0. The summed E-state index contributed by atoms with van der Waals surface area (Å²) in [6.07, 6.45) is -6.57. The highest BCUT2D eigenvalue weighted by Gasteiger charge is 2.56. The van der Waals surface area contributed by atoms with Gasteiger partial charge in [-0.3, -0.25) is 29.1 Å². The van der Waals surface area contributed by atoms with Gasteiger partial charge in [0, 0.05) is 42.1 Å². The fourth-order valence-corrected chi connectivity index (χ4v) is 6.72. The van der Waals surface area contributed by atoms with E-state index in [-0.39, 0.29) is 31.2 Å². The molecule has 2 saturated heterocycles. The molecule has 0 saturated carbocycles. The maximum Gasteiger partial charge on any atom is 0.311 e. The van der Waals surface area contributed by atoms with Crippen LogP contribution in [0.1, 0.15) is 158 Å². The van der Waals surface area contributed by atoms with Gasteiger partial charge in [0.1, 0.15) is 30.3 Å². The van der Waals surface area contributed by atoms with Crippen molar-refractivity contribution in [2.24, 2.45) is 27.4 Å². The first-order valence-electron chi connectivity index (χ1n) is 26.3. The zero-order valence-corrected chi connectivity index (χ0v) is 42.7. The van der Waals surface area contributed by atoms with Crippen LogP contribution in [0, 0.1) is 21.7 Å². The second kappa shape index (κ2) is 22.9. The van der Waals surface area contributed by atoms with Gasteiger partial charge in [-0.2, -0.15) is 0 Å². The van der Waals surface area contributed by atoms with Crippen molar-refractivity contribution in [3.63, 3.8) is 0 Å². The number of hydrogen-bond acceptors (Lipinski definition) is 16. The highest BCUT2D eigenvalue weighted by Crippen LogP contribution is 2.39.